The summed E-state index contributed by atoms with van der Waals surface area (Å²) >= 11 is 0. The van der Waals surface area contributed by atoms with Gasteiger partial charge >= 0.3 is 0 Å². The Morgan fingerprint density at radius 1 is 0.827 bits per heavy atom. The fraction of sp³-hybridized carbons (Fsp3) is 0.553. The number of aliphatic imine (C=N–C) groups is 2. The molecular formula is C38H57N9O5. The van der Waals surface area contributed by atoms with Crippen LogP contribution >= 0.6 is 0 Å². The van der Waals surface area contributed by atoms with Crippen molar-refractivity contribution < 1.29 is 24.0 Å². The molecule has 0 aromatic heterocycles. The van der Waals surface area contributed by atoms with Crippen LogP contribution in [0.3, 0.4) is 0 Å². The summed E-state index contributed by atoms with van der Waals surface area (Å²) in [7, 11) is 0. The van der Waals surface area contributed by atoms with E-state index in [0.717, 1.165) is 16.3 Å². The van der Waals surface area contributed by atoms with Crippen molar-refractivity contribution in [3.63, 3.8) is 0 Å². The summed E-state index contributed by atoms with van der Waals surface area (Å²) in [5.41, 5.74) is 28.4. The first-order valence-corrected chi connectivity index (χ1v) is 18.3. The van der Waals surface area contributed by atoms with E-state index < -0.39 is 29.8 Å². The molecule has 1 fully saturated rings. The van der Waals surface area contributed by atoms with Crippen LogP contribution in [0.2, 0.25) is 0 Å². The molecule has 0 aliphatic carbocycles. The molecule has 52 heavy (non-hydrogen) atoms. The lowest BCUT2D eigenvalue weighted by atomic mass is 9.88. The number of ketones is 3. The fourth-order valence-electron chi connectivity index (χ4n) is 6.84. The minimum absolute atomic E-state index is 0.0494. The normalized spacial score (nSPS) is 15.7. The van der Waals surface area contributed by atoms with E-state index in [9.17, 15) is 24.0 Å². The summed E-state index contributed by atoms with van der Waals surface area (Å²) in [6.45, 7) is 2.91. The minimum Gasteiger partial charge on any atom is -0.370 e. The molecule has 1 aliphatic heterocycles. The number of carbonyl (C=O) groups excluding carboxylic acids is 5. The highest BCUT2D eigenvalue weighted by atomic mass is 16.2. The summed E-state index contributed by atoms with van der Waals surface area (Å²) in [6, 6.07) is 12.2. The topological polar surface area (TPSA) is 255 Å². The molecule has 2 aromatic rings. The second kappa shape index (κ2) is 21.5. The van der Waals surface area contributed by atoms with Crippen LogP contribution in [0.4, 0.5) is 0 Å². The van der Waals surface area contributed by atoms with E-state index in [1.807, 2.05) is 42.5 Å². The van der Waals surface area contributed by atoms with Gasteiger partial charge in [0.15, 0.2) is 23.5 Å². The standard InChI is InChI=1S/C38H57N9O5/c1-25(48)27(14-7-19-44-37(40)41)22-33(49)31(16-8-20-45-38(42)43)46-36(52)29(11-4-5-18-39)23-34(50)32-17-9-21-47(32)35(51)24-28-13-6-12-26-10-2-3-15-30(26)28/h2-3,6,10,12-13,15,27,29,31-32H,4-5,7-9,11,14,16-24,39H2,1H3,(H,46,52)(H4,40,41,44)(H4,42,43,45)/t27-,29-,31+,32+/m1/s1. The summed E-state index contributed by atoms with van der Waals surface area (Å²) in [5.74, 6) is -2.61. The second-order valence-corrected chi connectivity index (χ2v) is 13.6. The first kappa shape index (κ1) is 41.6. The Hall–Kier alpha value is -4.85. The van der Waals surface area contributed by atoms with Crippen LogP contribution in [0.5, 0.6) is 0 Å². The Bertz CT molecular complexity index is 1580. The maximum atomic E-state index is 13.9. The van der Waals surface area contributed by atoms with Crippen molar-refractivity contribution in [1.29, 1.82) is 0 Å². The molecule has 4 atom stereocenters. The van der Waals surface area contributed by atoms with Crippen molar-refractivity contribution in [2.45, 2.75) is 96.1 Å². The number of nitrogens with zero attached hydrogens (tertiary/aromatic N) is 3. The maximum absolute atomic E-state index is 13.9. The molecule has 1 saturated heterocycles. The van der Waals surface area contributed by atoms with E-state index in [-0.39, 0.29) is 67.4 Å². The van der Waals surface area contributed by atoms with Gasteiger partial charge in [-0.15, -0.1) is 0 Å². The molecular weight excluding hydrogens is 662 g/mol. The van der Waals surface area contributed by atoms with Crippen LogP contribution in [0.1, 0.15) is 83.1 Å². The van der Waals surface area contributed by atoms with Crippen LogP contribution in [0.25, 0.3) is 10.8 Å². The van der Waals surface area contributed by atoms with E-state index in [1.165, 1.54) is 6.92 Å². The molecule has 0 radical (unpaired) electrons. The highest BCUT2D eigenvalue weighted by molar-refractivity contribution is 5.96. The number of likely N-dealkylation sites (tertiary alicyclic amines) is 1. The number of nitrogens with one attached hydrogen (secondary N) is 1. The highest BCUT2D eigenvalue weighted by Gasteiger charge is 2.36. The zero-order valence-electron chi connectivity index (χ0n) is 30.4. The third kappa shape index (κ3) is 13.4. The lowest BCUT2D eigenvalue weighted by Gasteiger charge is -2.27. The molecule has 0 bridgehead atoms. The number of amides is 2. The number of hydrogen-bond acceptors (Lipinski definition) is 8. The smallest absolute Gasteiger partial charge is 0.227 e. The number of Topliss-reactive ketones (excluding diaryl/α,β-unsaturated/α-hetero) is 3. The van der Waals surface area contributed by atoms with Gasteiger partial charge in [0.1, 0.15) is 5.78 Å². The zero-order valence-corrected chi connectivity index (χ0v) is 30.4. The van der Waals surface area contributed by atoms with Crippen molar-refractivity contribution in [2.75, 3.05) is 26.2 Å². The molecule has 0 spiro atoms. The molecule has 2 amide bonds. The monoisotopic (exact) mass is 719 g/mol. The fourth-order valence-corrected chi connectivity index (χ4v) is 6.84. The van der Waals surface area contributed by atoms with Crippen molar-refractivity contribution >= 4 is 51.9 Å². The second-order valence-electron chi connectivity index (χ2n) is 13.6. The predicted molar refractivity (Wildman–Crippen MR) is 204 cm³/mol. The number of guanidine groups is 2. The number of benzene rings is 2. The third-order valence-corrected chi connectivity index (χ3v) is 9.67. The number of fused-ring (bicyclic) bond motifs is 1. The quantitative estimate of drug-likeness (QED) is 0.0552. The van der Waals surface area contributed by atoms with Gasteiger partial charge in [0.2, 0.25) is 11.8 Å². The molecule has 14 heteroatoms. The summed E-state index contributed by atoms with van der Waals surface area (Å²) in [6.07, 6.45) is 4.46. The average Bonchev–Trinajstić information content (AvgIpc) is 3.61. The van der Waals surface area contributed by atoms with Gasteiger partial charge < -0.3 is 38.9 Å². The Kier molecular flexibility index (Phi) is 17.2. The number of nitrogens with two attached hydrogens (primary N) is 5. The molecule has 3 rings (SSSR count). The van der Waals surface area contributed by atoms with Crippen LogP contribution in [-0.2, 0) is 30.4 Å². The van der Waals surface area contributed by atoms with Gasteiger partial charge in [0, 0.05) is 44.3 Å². The van der Waals surface area contributed by atoms with E-state index in [0.29, 0.717) is 71.0 Å². The summed E-state index contributed by atoms with van der Waals surface area (Å²) in [4.78, 5) is 77.2. The van der Waals surface area contributed by atoms with Gasteiger partial charge in [-0.25, -0.2) is 0 Å². The Labute approximate surface area is 306 Å². The van der Waals surface area contributed by atoms with Crippen molar-refractivity contribution in [2.24, 2.45) is 50.5 Å². The predicted octanol–water partition coefficient (Wildman–Crippen LogP) is 1.83. The van der Waals surface area contributed by atoms with Gasteiger partial charge in [-0.1, -0.05) is 48.9 Å². The molecule has 2 aromatic carbocycles. The third-order valence-electron chi connectivity index (χ3n) is 9.67. The Balaban J connectivity index is 1.74. The number of hydrogen-bond donors (Lipinski definition) is 6. The zero-order chi connectivity index (χ0) is 38.0. The molecule has 11 N–H and O–H groups in total. The van der Waals surface area contributed by atoms with Crippen molar-refractivity contribution in [1.82, 2.24) is 10.2 Å². The molecule has 0 saturated carbocycles. The van der Waals surface area contributed by atoms with Gasteiger partial charge in [-0.2, -0.15) is 0 Å². The summed E-state index contributed by atoms with van der Waals surface area (Å²) in [5, 5.41) is 4.95. The molecule has 1 aliphatic rings. The van der Waals surface area contributed by atoms with Crippen LogP contribution in [-0.4, -0.2) is 84.2 Å². The minimum atomic E-state index is -0.918. The van der Waals surface area contributed by atoms with Gasteiger partial charge in [-0.05, 0) is 81.2 Å². The number of unbranched alkanes of at least 4 members (excludes halogenated alkanes) is 1. The average molecular weight is 720 g/mol. The first-order chi connectivity index (χ1) is 24.9. The lowest BCUT2D eigenvalue weighted by Crippen LogP contribution is -2.46. The Morgan fingerprint density at radius 3 is 2.15 bits per heavy atom. The van der Waals surface area contributed by atoms with Crippen LogP contribution in [0, 0.1) is 11.8 Å². The van der Waals surface area contributed by atoms with E-state index in [4.69, 9.17) is 28.7 Å². The van der Waals surface area contributed by atoms with Crippen molar-refractivity contribution in [3.8, 4) is 0 Å². The number of rotatable bonds is 23. The molecule has 14 nitrogen and oxygen atoms in total. The van der Waals surface area contributed by atoms with Crippen LogP contribution < -0.4 is 34.0 Å². The highest BCUT2D eigenvalue weighted by Crippen LogP contribution is 2.26. The maximum Gasteiger partial charge on any atom is 0.227 e. The number of carbonyl (C=O) groups is 5. The van der Waals surface area contributed by atoms with E-state index in [2.05, 4.69) is 15.3 Å². The molecule has 284 valence electrons. The lowest BCUT2D eigenvalue weighted by molar-refractivity contribution is -0.138. The SMILES string of the molecule is CC(=O)[C@H](CCCN=C(N)N)CC(=O)[C@H](CCCN=C(N)N)NC(=O)[C@H](CCCCN)CC(=O)[C@@H]1CCCN1C(=O)Cc1cccc2ccccc12. The summed E-state index contributed by atoms with van der Waals surface area (Å²) < 4.78 is 0. The first-order valence-electron chi connectivity index (χ1n) is 18.3. The van der Waals surface area contributed by atoms with E-state index in [1.54, 1.807) is 4.90 Å². The van der Waals surface area contributed by atoms with Crippen molar-refractivity contribution in [3.05, 3.63) is 48.0 Å². The largest absolute Gasteiger partial charge is 0.370 e. The molecule has 1 heterocycles. The Morgan fingerprint density at radius 2 is 1.48 bits per heavy atom. The van der Waals surface area contributed by atoms with Gasteiger partial charge in [0.05, 0.1) is 18.5 Å². The molecule has 0 unspecified atom stereocenters. The van der Waals surface area contributed by atoms with Gasteiger partial charge in [-0.3, -0.25) is 34.0 Å². The van der Waals surface area contributed by atoms with Gasteiger partial charge in [0.25, 0.3) is 0 Å². The van der Waals surface area contributed by atoms with Crippen LogP contribution in [0.15, 0.2) is 52.4 Å². The van der Waals surface area contributed by atoms with E-state index >= 15 is 0 Å².